The standard InChI is InChI=1S/C18H23N3/c1-3-21(17-10-5-4-7-13(17)2)18-15(12-19)11-14-8-6-9-16(14)20-18/h4-5,7,10-11H,3,6,8-9,12,19H2,1-2H3. The van der Waals surface area contributed by atoms with E-state index in [1.165, 1.54) is 28.9 Å². The molecule has 2 aromatic rings. The van der Waals surface area contributed by atoms with Gasteiger partial charge in [0.05, 0.1) is 0 Å². The summed E-state index contributed by atoms with van der Waals surface area (Å²) < 4.78 is 0. The summed E-state index contributed by atoms with van der Waals surface area (Å²) in [5.41, 5.74) is 12.3. The third-order valence-electron chi connectivity index (χ3n) is 4.30. The van der Waals surface area contributed by atoms with Crippen molar-refractivity contribution >= 4 is 11.5 Å². The first-order chi connectivity index (χ1) is 10.2. The summed E-state index contributed by atoms with van der Waals surface area (Å²) >= 11 is 0. The lowest BCUT2D eigenvalue weighted by molar-refractivity contribution is 0.891. The summed E-state index contributed by atoms with van der Waals surface area (Å²) in [5.74, 6) is 1.04. The molecule has 0 unspecified atom stereocenters. The van der Waals surface area contributed by atoms with E-state index in [1.54, 1.807) is 0 Å². The number of aromatic nitrogens is 1. The molecule has 0 saturated heterocycles. The molecule has 1 heterocycles. The molecule has 1 aromatic carbocycles. The molecular formula is C18H23N3. The average Bonchev–Trinajstić information content (AvgIpc) is 2.96. The first kappa shape index (κ1) is 14.1. The smallest absolute Gasteiger partial charge is 0.137 e. The van der Waals surface area contributed by atoms with E-state index in [4.69, 9.17) is 10.7 Å². The number of hydrogen-bond donors (Lipinski definition) is 1. The van der Waals surface area contributed by atoms with E-state index >= 15 is 0 Å². The Hall–Kier alpha value is -1.87. The predicted molar refractivity (Wildman–Crippen MR) is 88.0 cm³/mol. The molecule has 21 heavy (non-hydrogen) atoms. The zero-order valence-electron chi connectivity index (χ0n) is 12.9. The van der Waals surface area contributed by atoms with Crippen molar-refractivity contribution in [3.05, 3.63) is 52.7 Å². The van der Waals surface area contributed by atoms with Gasteiger partial charge in [-0.05, 0) is 56.4 Å². The van der Waals surface area contributed by atoms with E-state index in [9.17, 15) is 0 Å². The van der Waals surface area contributed by atoms with Gasteiger partial charge >= 0.3 is 0 Å². The van der Waals surface area contributed by atoms with Crippen LogP contribution in [0.1, 0.15) is 35.7 Å². The monoisotopic (exact) mass is 281 g/mol. The van der Waals surface area contributed by atoms with Crippen LogP contribution < -0.4 is 10.6 Å². The second-order valence-electron chi connectivity index (χ2n) is 5.67. The maximum Gasteiger partial charge on any atom is 0.137 e. The Kier molecular flexibility index (Phi) is 3.93. The van der Waals surface area contributed by atoms with E-state index in [0.29, 0.717) is 6.54 Å². The fourth-order valence-corrected chi connectivity index (χ4v) is 3.19. The molecule has 3 rings (SSSR count). The molecule has 0 fully saturated rings. The van der Waals surface area contributed by atoms with Crippen LogP contribution in [0.25, 0.3) is 0 Å². The number of anilines is 2. The van der Waals surface area contributed by atoms with Crippen LogP contribution in [-0.4, -0.2) is 11.5 Å². The van der Waals surface area contributed by atoms with E-state index in [-0.39, 0.29) is 0 Å². The number of fused-ring (bicyclic) bond motifs is 1. The Labute approximate surface area is 126 Å². The van der Waals surface area contributed by atoms with E-state index in [0.717, 1.165) is 30.8 Å². The molecule has 110 valence electrons. The van der Waals surface area contributed by atoms with Crippen molar-refractivity contribution in [2.75, 3.05) is 11.4 Å². The van der Waals surface area contributed by atoms with Gasteiger partial charge in [0.25, 0.3) is 0 Å². The second-order valence-corrected chi connectivity index (χ2v) is 5.67. The number of hydrogen-bond acceptors (Lipinski definition) is 3. The molecule has 1 aliphatic rings. The third kappa shape index (κ3) is 2.54. The van der Waals surface area contributed by atoms with Gasteiger partial charge in [0.15, 0.2) is 0 Å². The summed E-state index contributed by atoms with van der Waals surface area (Å²) in [7, 11) is 0. The normalized spacial score (nSPS) is 13.3. The lowest BCUT2D eigenvalue weighted by atomic mass is 10.1. The van der Waals surface area contributed by atoms with E-state index < -0.39 is 0 Å². The minimum Gasteiger partial charge on any atom is -0.326 e. The molecule has 3 heteroatoms. The van der Waals surface area contributed by atoms with Crippen LogP contribution in [-0.2, 0) is 19.4 Å². The Morgan fingerprint density at radius 2 is 2.05 bits per heavy atom. The summed E-state index contributed by atoms with van der Waals surface area (Å²) in [5, 5.41) is 0. The highest BCUT2D eigenvalue weighted by molar-refractivity contribution is 5.66. The van der Waals surface area contributed by atoms with Crippen LogP contribution in [0.2, 0.25) is 0 Å². The maximum absolute atomic E-state index is 5.99. The zero-order valence-corrected chi connectivity index (χ0v) is 12.9. The third-order valence-corrected chi connectivity index (χ3v) is 4.30. The Balaban J connectivity index is 2.11. The second kappa shape index (κ2) is 5.86. The average molecular weight is 281 g/mol. The highest BCUT2D eigenvalue weighted by Crippen LogP contribution is 2.32. The zero-order chi connectivity index (χ0) is 14.8. The number of benzene rings is 1. The fourth-order valence-electron chi connectivity index (χ4n) is 3.19. The van der Waals surface area contributed by atoms with Crippen molar-refractivity contribution in [1.82, 2.24) is 4.98 Å². The molecule has 0 aliphatic heterocycles. The van der Waals surface area contributed by atoms with Gasteiger partial charge in [-0.15, -0.1) is 0 Å². The molecule has 2 N–H and O–H groups in total. The lowest BCUT2D eigenvalue weighted by Gasteiger charge is -2.26. The number of nitrogens with zero attached hydrogens (tertiary/aromatic N) is 2. The molecular weight excluding hydrogens is 258 g/mol. The van der Waals surface area contributed by atoms with Gasteiger partial charge in [-0.25, -0.2) is 4.98 Å². The first-order valence-electron chi connectivity index (χ1n) is 7.79. The van der Waals surface area contributed by atoms with Crippen molar-refractivity contribution in [3.8, 4) is 0 Å². The molecule has 0 spiro atoms. The van der Waals surface area contributed by atoms with Crippen molar-refractivity contribution in [2.24, 2.45) is 5.73 Å². The highest BCUT2D eigenvalue weighted by Gasteiger charge is 2.20. The Morgan fingerprint density at radius 3 is 2.76 bits per heavy atom. The summed E-state index contributed by atoms with van der Waals surface area (Å²) in [6, 6.07) is 10.7. The van der Waals surface area contributed by atoms with Gasteiger partial charge in [0, 0.05) is 30.0 Å². The number of rotatable bonds is 4. The molecule has 0 atom stereocenters. The molecule has 1 aromatic heterocycles. The number of nitrogens with two attached hydrogens (primary N) is 1. The SMILES string of the molecule is CCN(c1ccccc1C)c1nc2c(cc1CN)CCC2. The summed E-state index contributed by atoms with van der Waals surface area (Å²) in [6.07, 6.45) is 3.46. The molecule has 0 bridgehead atoms. The highest BCUT2D eigenvalue weighted by atomic mass is 15.2. The van der Waals surface area contributed by atoms with Crippen LogP contribution in [0, 0.1) is 6.92 Å². The van der Waals surface area contributed by atoms with Crippen LogP contribution in [0.15, 0.2) is 30.3 Å². The Bertz CT molecular complexity index is 649. The largest absolute Gasteiger partial charge is 0.326 e. The fraction of sp³-hybridized carbons (Fsp3) is 0.389. The lowest BCUT2D eigenvalue weighted by Crippen LogP contribution is -2.21. The Morgan fingerprint density at radius 1 is 1.24 bits per heavy atom. The van der Waals surface area contributed by atoms with Gasteiger partial charge < -0.3 is 10.6 Å². The molecule has 0 saturated carbocycles. The van der Waals surface area contributed by atoms with Crippen molar-refractivity contribution in [2.45, 2.75) is 39.7 Å². The molecule has 3 nitrogen and oxygen atoms in total. The van der Waals surface area contributed by atoms with Crippen LogP contribution in [0.5, 0.6) is 0 Å². The number of para-hydroxylation sites is 1. The van der Waals surface area contributed by atoms with Crippen molar-refractivity contribution in [1.29, 1.82) is 0 Å². The summed E-state index contributed by atoms with van der Waals surface area (Å²) in [4.78, 5) is 7.25. The molecule has 0 radical (unpaired) electrons. The first-order valence-corrected chi connectivity index (χ1v) is 7.79. The van der Waals surface area contributed by atoms with Gasteiger partial charge in [-0.2, -0.15) is 0 Å². The van der Waals surface area contributed by atoms with Crippen LogP contribution in [0.4, 0.5) is 11.5 Å². The molecule has 0 amide bonds. The van der Waals surface area contributed by atoms with Crippen molar-refractivity contribution < 1.29 is 0 Å². The van der Waals surface area contributed by atoms with Crippen molar-refractivity contribution in [3.63, 3.8) is 0 Å². The quantitative estimate of drug-likeness (QED) is 0.932. The minimum absolute atomic E-state index is 0.540. The minimum atomic E-state index is 0.540. The molecule has 1 aliphatic carbocycles. The van der Waals surface area contributed by atoms with Crippen LogP contribution >= 0.6 is 0 Å². The number of aryl methyl sites for hydroxylation is 3. The van der Waals surface area contributed by atoms with Gasteiger partial charge in [-0.3, -0.25) is 0 Å². The van der Waals surface area contributed by atoms with Gasteiger partial charge in [0.1, 0.15) is 5.82 Å². The number of pyridine rings is 1. The van der Waals surface area contributed by atoms with Gasteiger partial charge in [-0.1, -0.05) is 18.2 Å². The van der Waals surface area contributed by atoms with Crippen LogP contribution in [0.3, 0.4) is 0 Å². The van der Waals surface area contributed by atoms with Gasteiger partial charge in [0.2, 0.25) is 0 Å². The predicted octanol–water partition coefficient (Wildman–Crippen LogP) is 3.50. The van der Waals surface area contributed by atoms with E-state index in [2.05, 4.69) is 49.1 Å². The topological polar surface area (TPSA) is 42.2 Å². The summed E-state index contributed by atoms with van der Waals surface area (Å²) in [6.45, 7) is 5.75. The maximum atomic E-state index is 5.99. The van der Waals surface area contributed by atoms with E-state index in [1.807, 2.05) is 0 Å².